The van der Waals surface area contributed by atoms with Gasteiger partial charge >= 0.3 is 0 Å². The molecule has 30 heavy (non-hydrogen) atoms. The Morgan fingerprint density at radius 3 is 2.80 bits per heavy atom. The largest absolute Gasteiger partial charge is 0.494 e. The van der Waals surface area contributed by atoms with E-state index in [2.05, 4.69) is 16.3 Å². The lowest BCUT2D eigenvalue weighted by molar-refractivity contribution is -0.117. The van der Waals surface area contributed by atoms with Crippen LogP contribution in [-0.4, -0.2) is 64.1 Å². The van der Waals surface area contributed by atoms with Gasteiger partial charge in [-0.3, -0.25) is 4.79 Å². The summed E-state index contributed by atoms with van der Waals surface area (Å²) in [6.07, 6.45) is 1.77. The third-order valence-electron chi connectivity index (χ3n) is 6.41. The lowest BCUT2D eigenvalue weighted by atomic mass is 9.58. The van der Waals surface area contributed by atoms with Gasteiger partial charge in [0.1, 0.15) is 27.3 Å². The number of piperidine rings is 1. The fraction of sp³-hybridized carbons (Fsp3) is 0.409. The molecule has 0 saturated carbocycles. The number of carbonyl (C=O) groups is 1. The van der Waals surface area contributed by atoms with Crippen molar-refractivity contribution in [2.45, 2.75) is 30.1 Å². The lowest BCUT2D eigenvalue weighted by Crippen LogP contribution is -2.64. The van der Waals surface area contributed by atoms with Crippen LogP contribution in [0.1, 0.15) is 24.3 Å². The molecule has 3 aliphatic rings. The number of rotatable bonds is 5. The number of amides is 1. The van der Waals surface area contributed by atoms with Gasteiger partial charge in [-0.1, -0.05) is 12.1 Å². The molecule has 4 radical (unpaired) electrons. The molecule has 2 unspecified atom stereocenters. The van der Waals surface area contributed by atoms with Gasteiger partial charge in [0.25, 0.3) is 0 Å². The Morgan fingerprint density at radius 2 is 2.00 bits per heavy atom. The van der Waals surface area contributed by atoms with Crippen molar-refractivity contribution in [3.8, 4) is 5.75 Å². The second kappa shape index (κ2) is 7.34. The minimum atomic E-state index is -1.53. The normalized spacial score (nSPS) is 24.2. The van der Waals surface area contributed by atoms with Crippen LogP contribution in [-0.2, 0) is 4.79 Å². The van der Waals surface area contributed by atoms with E-state index < -0.39 is 5.34 Å². The zero-order valence-electron chi connectivity index (χ0n) is 16.7. The van der Waals surface area contributed by atoms with Gasteiger partial charge in [0.05, 0.1) is 18.0 Å². The number of hydrogen-bond donors (Lipinski definition) is 1. The molecule has 0 aromatic heterocycles. The number of benzene rings is 2. The molecule has 150 valence electrons. The van der Waals surface area contributed by atoms with E-state index in [1.165, 1.54) is 17.7 Å². The molecule has 1 N–H and O–H groups in total. The predicted molar refractivity (Wildman–Crippen MR) is 116 cm³/mol. The zero-order valence-corrected chi connectivity index (χ0v) is 16.7. The van der Waals surface area contributed by atoms with Crippen molar-refractivity contribution in [3.05, 3.63) is 53.8 Å². The van der Waals surface area contributed by atoms with E-state index in [1.54, 1.807) is 12.1 Å². The first kappa shape index (κ1) is 19.5. The molecular weight excluding hydrogens is 379 g/mol. The van der Waals surface area contributed by atoms with Crippen LogP contribution < -0.4 is 15.0 Å². The standard InChI is InChI=1S/C22H22B2FN3O2/c23-22(24)21(29)26-18-4-1-3-16-17-13-27(11-9-19(17)28(22)20(16)18)10-2-12-30-15-7-5-14(25)6-8-15/h1,3-8,17,19H,2,9-13H2,(H,26,29). The summed E-state index contributed by atoms with van der Waals surface area (Å²) in [7, 11) is 12.5. The molecule has 5 nitrogen and oxygen atoms in total. The van der Waals surface area contributed by atoms with Crippen LogP contribution in [0.5, 0.6) is 5.75 Å². The maximum Gasteiger partial charge on any atom is 0.231 e. The molecule has 5 rings (SSSR count). The molecule has 0 spiro atoms. The topological polar surface area (TPSA) is 44.8 Å². The maximum atomic E-state index is 13.0. The van der Waals surface area contributed by atoms with E-state index in [1.807, 2.05) is 17.0 Å². The number of carbonyl (C=O) groups excluding carboxylic acids is 1. The number of nitrogens with zero attached hydrogens (tertiary/aromatic N) is 2. The van der Waals surface area contributed by atoms with E-state index in [0.717, 1.165) is 43.9 Å². The number of anilines is 2. The average molecular weight is 401 g/mol. The van der Waals surface area contributed by atoms with E-state index in [4.69, 9.17) is 20.4 Å². The van der Waals surface area contributed by atoms with Crippen molar-refractivity contribution in [1.82, 2.24) is 4.90 Å². The molecule has 3 heterocycles. The van der Waals surface area contributed by atoms with Gasteiger partial charge in [-0.15, -0.1) is 0 Å². The fourth-order valence-corrected chi connectivity index (χ4v) is 5.02. The van der Waals surface area contributed by atoms with Gasteiger partial charge in [0, 0.05) is 36.9 Å². The summed E-state index contributed by atoms with van der Waals surface area (Å²) < 4.78 is 18.7. The van der Waals surface area contributed by atoms with Crippen LogP contribution in [0.2, 0.25) is 0 Å². The second-order valence-electron chi connectivity index (χ2n) is 8.31. The SMILES string of the molecule is [B]C1([B])C(=O)Nc2cccc3c2N1C1CCN(CCCOc2ccc(F)cc2)CC31. The van der Waals surface area contributed by atoms with Crippen molar-refractivity contribution >= 4 is 33.0 Å². The number of likely N-dealkylation sites (tertiary alicyclic amines) is 1. The molecule has 3 aliphatic heterocycles. The third-order valence-corrected chi connectivity index (χ3v) is 6.41. The summed E-state index contributed by atoms with van der Waals surface area (Å²) >= 11 is 0. The van der Waals surface area contributed by atoms with E-state index in [-0.39, 0.29) is 23.7 Å². The molecule has 0 bridgehead atoms. The highest BCUT2D eigenvalue weighted by Gasteiger charge is 2.51. The number of halogens is 1. The number of para-hydroxylation sites is 1. The first-order valence-electron chi connectivity index (χ1n) is 10.4. The fourth-order valence-electron chi connectivity index (χ4n) is 5.02. The molecule has 1 saturated heterocycles. The molecule has 1 fully saturated rings. The monoisotopic (exact) mass is 401 g/mol. The number of hydrogen-bond acceptors (Lipinski definition) is 4. The summed E-state index contributed by atoms with van der Waals surface area (Å²) in [5.41, 5.74) is 2.96. The van der Waals surface area contributed by atoms with Crippen LogP contribution in [0.25, 0.3) is 0 Å². The Kier molecular flexibility index (Phi) is 4.77. The number of nitrogens with one attached hydrogen (secondary N) is 1. The van der Waals surface area contributed by atoms with E-state index >= 15 is 0 Å². The highest BCUT2D eigenvalue weighted by atomic mass is 19.1. The summed E-state index contributed by atoms with van der Waals surface area (Å²) in [4.78, 5) is 16.8. The Bertz CT molecular complexity index is 969. The third kappa shape index (κ3) is 3.18. The molecule has 8 heteroatoms. The number of ether oxygens (including phenoxy) is 1. The van der Waals surface area contributed by atoms with Crippen molar-refractivity contribution in [2.75, 3.05) is 36.5 Å². The summed E-state index contributed by atoms with van der Waals surface area (Å²) in [6.45, 7) is 3.29. The first-order chi connectivity index (χ1) is 14.4. The molecule has 1 amide bonds. The zero-order chi connectivity index (χ0) is 20.9. The lowest BCUT2D eigenvalue weighted by Gasteiger charge is -2.48. The van der Waals surface area contributed by atoms with Gasteiger partial charge in [-0.25, -0.2) is 4.39 Å². The molecule has 2 aromatic carbocycles. The molecule has 0 aliphatic carbocycles. The van der Waals surface area contributed by atoms with Gasteiger partial charge in [0.2, 0.25) is 5.91 Å². The summed E-state index contributed by atoms with van der Waals surface area (Å²) in [5, 5.41) is 1.32. The first-order valence-corrected chi connectivity index (χ1v) is 10.4. The highest BCUT2D eigenvalue weighted by Crippen LogP contribution is 2.52. The van der Waals surface area contributed by atoms with Crippen LogP contribution in [0.3, 0.4) is 0 Å². The highest BCUT2D eigenvalue weighted by molar-refractivity contribution is 6.55. The quantitative estimate of drug-likeness (QED) is 0.617. The van der Waals surface area contributed by atoms with Crippen LogP contribution in [0, 0.1) is 5.82 Å². The Hall–Kier alpha value is -2.47. The average Bonchev–Trinajstić information content (AvgIpc) is 3.07. The van der Waals surface area contributed by atoms with Crippen LogP contribution >= 0.6 is 0 Å². The number of fused-ring (bicyclic) bond motifs is 3. The Labute approximate surface area is 178 Å². The smallest absolute Gasteiger partial charge is 0.231 e. The molecule has 2 atom stereocenters. The van der Waals surface area contributed by atoms with Gasteiger partial charge < -0.3 is 19.9 Å². The van der Waals surface area contributed by atoms with Crippen molar-refractivity contribution in [2.24, 2.45) is 0 Å². The molecular formula is C22H22B2FN3O2. The summed E-state index contributed by atoms with van der Waals surface area (Å²) in [6, 6.07) is 12.2. The maximum absolute atomic E-state index is 13.0. The van der Waals surface area contributed by atoms with Crippen molar-refractivity contribution in [1.29, 1.82) is 0 Å². The second-order valence-corrected chi connectivity index (χ2v) is 8.31. The van der Waals surface area contributed by atoms with Crippen molar-refractivity contribution < 1.29 is 13.9 Å². The van der Waals surface area contributed by atoms with Gasteiger partial charge in [-0.2, -0.15) is 0 Å². The van der Waals surface area contributed by atoms with Gasteiger partial charge in [-0.05, 0) is 48.7 Å². The Balaban J connectivity index is 1.25. The van der Waals surface area contributed by atoms with Crippen LogP contribution in [0.4, 0.5) is 15.8 Å². The predicted octanol–water partition coefficient (Wildman–Crippen LogP) is 2.22. The minimum absolute atomic E-state index is 0.119. The van der Waals surface area contributed by atoms with Crippen molar-refractivity contribution in [3.63, 3.8) is 0 Å². The molecule has 2 aromatic rings. The van der Waals surface area contributed by atoms with E-state index in [0.29, 0.717) is 12.4 Å². The van der Waals surface area contributed by atoms with Gasteiger partial charge in [0.15, 0.2) is 0 Å². The van der Waals surface area contributed by atoms with Crippen LogP contribution in [0.15, 0.2) is 42.5 Å². The Morgan fingerprint density at radius 1 is 1.20 bits per heavy atom. The summed E-state index contributed by atoms with van der Waals surface area (Å²) in [5.74, 6) is 0.305. The van der Waals surface area contributed by atoms with E-state index in [9.17, 15) is 9.18 Å². The minimum Gasteiger partial charge on any atom is -0.494 e.